The Labute approximate surface area is 187 Å². The zero-order valence-corrected chi connectivity index (χ0v) is 18.2. The Bertz CT molecular complexity index is 1200. The molecule has 1 amide bonds. The molecule has 2 aromatic heterocycles. The number of amides is 1. The summed E-state index contributed by atoms with van der Waals surface area (Å²) >= 11 is 0. The summed E-state index contributed by atoms with van der Waals surface area (Å²) in [6, 6.07) is 19.2. The summed E-state index contributed by atoms with van der Waals surface area (Å²) in [5.41, 5.74) is 10.5. The van der Waals surface area contributed by atoms with Crippen LogP contribution in [0.15, 0.2) is 73.1 Å². The lowest BCUT2D eigenvalue weighted by molar-refractivity contribution is 0.0949. The van der Waals surface area contributed by atoms with E-state index in [-0.39, 0.29) is 5.91 Å². The fourth-order valence-electron chi connectivity index (χ4n) is 3.32. The molecule has 4 aromatic rings. The van der Waals surface area contributed by atoms with E-state index in [0.29, 0.717) is 41.8 Å². The molecule has 0 radical (unpaired) electrons. The van der Waals surface area contributed by atoms with E-state index in [1.807, 2.05) is 65.4 Å². The van der Waals surface area contributed by atoms with Crippen molar-refractivity contribution in [3.63, 3.8) is 0 Å². The number of nitrogens with two attached hydrogens (primary N) is 1. The van der Waals surface area contributed by atoms with E-state index in [9.17, 15) is 4.79 Å². The molecule has 0 bridgehead atoms. The van der Waals surface area contributed by atoms with Crippen molar-refractivity contribution in [1.82, 2.24) is 25.1 Å². The van der Waals surface area contributed by atoms with E-state index in [0.717, 1.165) is 16.8 Å². The van der Waals surface area contributed by atoms with Crippen molar-refractivity contribution in [3.8, 4) is 28.5 Å². The second-order valence-corrected chi connectivity index (χ2v) is 7.98. The van der Waals surface area contributed by atoms with Crippen LogP contribution in [0.3, 0.4) is 0 Å². The summed E-state index contributed by atoms with van der Waals surface area (Å²) in [5.74, 6) is 1.01. The van der Waals surface area contributed by atoms with E-state index >= 15 is 0 Å². The molecule has 2 heterocycles. The fraction of sp³-hybridized carbons (Fsp3) is 0.200. The minimum Gasteiger partial charge on any atom is -0.352 e. The number of hydrogen-bond acceptors (Lipinski definition) is 5. The normalized spacial score (nSPS) is 11.0. The number of carbonyl (C=O) groups is 1. The standard InChI is InChI=1S/C25H26N6O/c1-17(2)16-28-25(32)20-5-3-4-19(14-20)22-10-11-23(30-29-22)24-27-12-13-31(24)21-8-6-18(15-26)7-9-21/h3-14,17H,15-16,26H2,1-2H3,(H,28,32). The lowest BCUT2D eigenvalue weighted by Gasteiger charge is -2.09. The monoisotopic (exact) mass is 426 g/mol. The molecule has 0 saturated heterocycles. The molecule has 0 saturated carbocycles. The van der Waals surface area contributed by atoms with Crippen LogP contribution in [-0.4, -0.2) is 32.2 Å². The lowest BCUT2D eigenvalue weighted by atomic mass is 10.1. The average molecular weight is 427 g/mol. The van der Waals surface area contributed by atoms with Gasteiger partial charge in [-0.25, -0.2) is 4.98 Å². The Morgan fingerprint density at radius 2 is 1.78 bits per heavy atom. The van der Waals surface area contributed by atoms with E-state index in [1.54, 1.807) is 12.3 Å². The largest absolute Gasteiger partial charge is 0.352 e. The highest BCUT2D eigenvalue weighted by Gasteiger charge is 2.12. The number of hydrogen-bond donors (Lipinski definition) is 2. The first-order chi connectivity index (χ1) is 15.5. The van der Waals surface area contributed by atoms with Gasteiger partial charge in [0.05, 0.1) is 5.69 Å². The predicted octanol–water partition coefficient (Wildman–Crippen LogP) is 3.84. The summed E-state index contributed by atoms with van der Waals surface area (Å²) in [6.07, 6.45) is 3.63. The first-order valence-electron chi connectivity index (χ1n) is 10.6. The number of benzene rings is 2. The van der Waals surface area contributed by atoms with Gasteiger partial charge in [-0.05, 0) is 47.9 Å². The maximum Gasteiger partial charge on any atom is 0.251 e. The van der Waals surface area contributed by atoms with Crippen LogP contribution in [0.25, 0.3) is 28.5 Å². The molecule has 0 atom stereocenters. The molecule has 2 aromatic carbocycles. The van der Waals surface area contributed by atoms with Gasteiger partial charge < -0.3 is 11.1 Å². The molecule has 32 heavy (non-hydrogen) atoms. The molecule has 3 N–H and O–H groups in total. The lowest BCUT2D eigenvalue weighted by Crippen LogP contribution is -2.27. The van der Waals surface area contributed by atoms with Crippen LogP contribution < -0.4 is 11.1 Å². The molecular weight excluding hydrogens is 400 g/mol. The first kappa shape index (κ1) is 21.4. The third-order valence-electron chi connectivity index (χ3n) is 5.08. The zero-order chi connectivity index (χ0) is 22.5. The van der Waals surface area contributed by atoms with Crippen molar-refractivity contribution in [1.29, 1.82) is 0 Å². The summed E-state index contributed by atoms with van der Waals surface area (Å²) < 4.78 is 1.96. The fourth-order valence-corrected chi connectivity index (χ4v) is 3.32. The SMILES string of the molecule is CC(C)CNC(=O)c1cccc(-c2ccc(-c3nccn3-c3ccc(CN)cc3)nn2)c1. The molecule has 0 aliphatic carbocycles. The molecule has 7 nitrogen and oxygen atoms in total. The van der Waals surface area contributed by atoms with Crippen LogP contribution in [0.5, 0.6) is 0 Å². The molecule has 0 spiro atoms. The van der Waals surface area contributed by atoms with E-state index in [2.05, 4.69) is 34.3 Å². The van der Waals surface area contributed by atoms with Gasteiger partial charge in [0.15, 0.2) is 5.82 Å². The second-order valence-electron chi connectivity index (χ2n) is 7.98. The van der Waals surface area contributed by atoms with Crippen LogP contribution in [-0.2, 0) is 6.54 Å². The van der Waals surface area contributed by atoms with Gasteiger partial charge in [0.2, 0.25) is 0 Å². The summed E-state index contributed by atoms with van der Waals surface area (Å²) in [6.45, 7) is 5.27. The van der Waals surface area contributed by atoms with Crippen LogP contribution >= 0.6 is 0 Å². The molecule has 0 aliphatic rings. The van der Waals surface area contributed by atoms with Crippen molar-refractivity contribution < 1.29 is 4.79 Å². The Balaban J connectivity index is 1.57. The van der Waals surface area contributed by atoms with Gasteiger partial charge in [-0.1, -0.05) is 38.1 Å². The average Bonchev–Trinajstić information content (AvgIpc) is 3.33. The summed E-state index contributed by atoms with van der Waals surface area (Å²) in [4.78, 5) is 16.9. The van der Waals surface area contributed by atoms with Gasteiger partial charge in [0, 0.05) is 42.3 Å². The van der Waals surface area contributed by atoms with E-state index in [4.69, 9.17) is 5.73 Å². The van der Waals surface area contributed by atoms with Gasteiger partial charge in [-0.2, -0.15) is 0 Å². The highest BCUT2D eigenvalue weighted by molar-refractivity contribution is 5.95. The van der Waals surface area contributed by atoms with Crippen molar-refractivity contribution in [2.45, 2.75) is 20.4 Å². The Morgan fingerprint density at radius 3 is 2.47 bits per heavy atom. The highest BCUT2D eigenvalue weighted by atomic mass is 16.1. The maximum absolute atomic E-state index is 12.4. The third-order valence-corrected chi connectivity index (χ3v) is 5.08. The molecule has 0 unspecified atom stereocenters. The molecule has 0 fully saturated rings. The van der Waals surface area contributed by atoms with Crippen molar-refractivity contribution >= 4 is 5.91 Å². The predicted molar refractivity (Wildman–Crippen MR) is 125 cm³/mol. The Morgan fingerprint density at radius 1 is 1.03 bits per heavy atom. The van der Waals surface area contributed by atoms with Gasteiger partial charge in [-0.3, -0.25) is 9.36 Å². The molecule has 0 aliphatic heterocycles. The van der Waals surface area contributed by atoms with Gasteiger partial charge in [-0.15, -0.1) is 10.2 Å². The van der Waals surface area contributed by atoms with Crippen molar-refractivity contribution in [3.05, 3.63) is 84.2 Å². The van der Waals surface area contributed by atoms with E-state index in [1.165, 1.54) is 0 Å². The van der Waals surface area contributed by atoms with Crippen LogP contribution in [0, 0.1) is 5.92 Å². The smallest absolute Gasteiger partial charge is 0.251 e. The summed E-state index contributed by atoms with van der Waals surface area (Å²) in [5, 5.41) is 11.7. The second kappa shape index (κ2) is 9.53. The quantitative estimate of drug-likeness (QED) is 0.468. The number of aromatic nitrogens is 4. The first-order valence-corrected chi connectivity index (χ1v) is 10.6. The Hall–Kier alpha value is -3.84. The topological polar surface area (TPSA) is 98.7 Å². The Kier molecular flexibility index (Phi) is 6.37. The minimum atomic E-state index is -0.0900. The zero-order valence-electron chi connectivity index (χ0n) is 18.2. The van der Waals surface area contributed by atoms with Crippen LogP contribution in [0.4, 0.5) is 0 Å². The number of rotatable bonds is 7. The van der Waals surface area contributed by atoms with Crippen molar-refractivity contribution in [2.75, 3.05) is 6.54 Å². The number of carbonyl (C=O) groups excluding carboxylic acids is 1. The van der Waals surface area contributed by atoms with Crippen LogP contribution in [0.1, 0.15) is 29.8 Å². The number of imidazole rings is 1. The van der Waals surface area contributed by atoms with Gasteiger partial charge >= 0.3 is 0 Å². The molecular formula is C25H26N6O. The van der Waals surface area contributed by atoms with Gasteiger partial charge in [0.1, 0.15) is 5.69 Å². The van der Waals surface area contributed by atoms with Gasteiger partial charge in [0.25, 0.3) is 5.91 Å². The minimum absolute atomic E-state index is 0.0900. The van der Waals surface area contributed by atoms with Crippen molar-refractivity contribution in [2.24, 2.45) is 11.7 Å². The van der Waals surface area contributed by atoms with Crippen LogP contribution in [0.2, 0.25) is 0 Å². The summed E-state index contributed by atoms with van der Waals surface area (Å²) in [7, 11) is 0. The number of nitrogens with zero attached hydrogens (tertiary/aromatic N) is 4. The maximum atomic E-state index is 12.4. The molecule has 7 heteroatoms. The highest BCUT2D eigenvalue weighted by Crippen LogP contribution is 2.23. The molecule has 162 valence electrons. The number of nitrogens with one attached hydrogen (secondary N) is 1. The third kappa shape index (κ3) is 4.73. The van der Waals surface area contributed by atoms with E-state index < -0.39 is 0 Å². The molecule has 4 rings (SSSR count).